The van der Waals surface area contributed by atoms with Gasteiger partial charge in [-0.2, -0.15) is 0 Å². The molecule has 24 heavy (non-hydrogen) atoms. The second-order valence-corrected chi connectivity index (χ2v) is 6.99. The van der Waals surface area contributed by atoms with E-state index in [0.717, 1.165) is 17.4 Å². The molecule has 2 heteroatoms. The lowest BCUT2D eigenvalue weighted by atomic mass is 9.77. The maximum Gasteiger partial charge on any atom is 0.123 e. The lowest BCUT2D eigenvalue weighted by molar-refractivity contribution is 0.304. The van der Waals surface area contributed by atoms with Crippen LogP contribution in [0.25, 0.3) is 0 Å². The quantitative estimate of drug-likeness (QED) is 0.590. The maximum atomic E-state index is 12.9. The lowest BCUT2D eigenvalue weighted by Gasteiger charge is -2.28. The molecular formula is C22H27FO. The van der Waals surface area contributed by atoms with Crippen molar-refractivity contribution in [2.24, 2.45) is 5.92 Å². The molecule has 0 unspecified atom stereocenters. The first-order valence-electron chi connectivity index (χ1n) is 9.22. The van der Waals surface area contributed by atoms with Gasteiger partial charge in [0.15, 0.2) is 0 Å². The fourth-order valence-corrected chi connectivity index (χ4v) is 3.78. The van der Waals surface area contributed by atoms with Crippen LogP contribution < -0.4 is 4.74 Å². The van der Waals surface area contributed by atoms with Gasteiger partial charge in [-0.25, -0.2) is 4.39 Å². The Hall–Kier alpha value is -1.83. The van der Waals surface area contributed by atoms with E-state index in [2.05, 4.69) is 31.2 Å². The van der Waals surface area contributed by atoms with Crippen LogP contribution in [0.3, 0.4) is 0 Å². The molecule has 0 amide bonds. The van der Waals surface area contributed by atoms with E-state index < -0.39 is 0 Å². The molecule has 0 N–H and O–H groups in total. The van der Waals surface area contributed by atoms with Crippen LogP contribution in [-0.2, 0) is 6.61 Å². The Morgan fingerprint density at radius 2 is 1.58 bits per heavy atom. The molecule has 0 heterocycles. The standard InChI is InChI=1S/C22H27FO/c1-2-3-17-4-8-19(9-5-17)20-10-6-18(7-11-20)16-24-22-14-12-21(23)13-15-22/h6-7,10-15,17,19H,2-5,8-9,16H2,1H3. The highest BCUT2D eigenvalue weighted by atomic mass is 19.1. The monoisotopic (exact) mass is 326 g/mol. The summed E-state index contributed by atoms with van der Waals surface area (Å²) in [6, 6.07) is 15.0. The molecule has 0 radical (unpaired) electrons. The third-order valence-corrected chi connectivity index (χ3v) is 5.21. The number of benzene rings is 2. The van der Waals surface area contributed by atoms with Crippen LogP contribution in [0.4, 0.5) is 4.39 Å². The number of ether oxygens (including phenoxy) is 1. The predicted octanol–water partition coefficient (Wildman–Crippen LogP) is 6.48. The van der Waals surface area contributed by atoms with E-state index in [-0.39, 0.29) is 5.82 Å². The van der Waals surface area contributed by atoms with Gasteiger partial charge in [0.25, 0.3) is 0 Å². The van der Waals surface area contributed by atoms with E-state index in [0.29, 0.717) is 12.4 Å². The van der Waals surface area contributed by atoms with Crippen molar-refractivity contribution in [1.82, 2.24) is 0 Å². The van der Waals surface area contributed by atoms with Crippen LogP contribution in [0, 0.1) is 11.7 Å². The first-order chi connectivity index (χ1) is 11.7. The third kappa shape index (κ3) is 4.59. The van der Waals surface area contributed by atoms with Gasteiger partial charge in [-0.1, -0.05) is 44.0 Å². The summed E-state index contributed by atoms with van der Waals surface area (Å²) in [6.45, 7) is 2.81. The molecule has 0 bridgehead atoms. The van der Waals surface area contributed by atoms with Crippen molar-refractivity contribution in [3.05, 3.63) is 65.5 Å². The first kappa shape index (κ1) is 17.0. The molecule has 0 aromatic heterocycles. The number of hydrogen-bond donors (Lipinski definition) is 0. The van der Waals surface area contributed by atoms with E-state index >= 15 is 0 Å². The van der Waals surface area contributed by atoms with Crippen LogP contribution in [-0.4, -0.2) is 0 Å². The van der Waals surface area contributed by atoms with Gasteiger partial charge in [-0.15, -0.1) is 0 Å². The third-order valence-electron chi connectivity index (χ3n) is 5.21. The largest absolute Gasteiger partial charge is 0.489 e. The predicted molar refractivity (Wildman–Crippen MR) is 96.8 cm³/mol. The van der Waals surface area contributed by atoms with Gasteiger partial charge >= 0.3 is 0 Å². The summed E-state index contributed by atoms with van der Waals surface area (Å²) in [5.41, 5.74) is 2.62. The first-order valence-corrected chi connectivity index (χ1v) is 9.22. The Balaban J connectivity index is 1.51. The Kier molecular flexibility index (Phi) is 5.90. The number of hydrogen-bond acceptors (Lipinski definition) is 1. The number of rotatable bonds is 6. The summed E-state index contributed by atoms with van der Waals surface area (Å²) in [5.74, 6) is 2.15. The normalized spacial score (nSPS) is 20.8. The van der Waals surface area contributed by atoms with Crippen molar-refractivity contribution in [1.29, 1.82) is 0 Å². The Morgan fingerprint density at radius 1 is 0.917 bits per heavy atom. The molecular weight excluding hydrogens is 299 g/mol. The molecule has 1 saturated carbocycles. The Bertz CT molecular complexity index is 609. The highest BCUT2D eigenvalue weighted by Crippen LogP contribution is 2.37. The molecule has 128 valence electrons. The van der Waals surface area contributed by atoms with Gasteiger partial charge in [0.1, 0.15) is 18.2 Å². The fourth-order valence-electron chi connectivity index (χ4n) is 3.78. The van der Waals surface area contributed by atoms with Gasteiger partial charge in [0, 0.05) is 0 Å². The van der Waals surface area contributed by atoms with Crippen molar-refractivity contribution >= 4 is 0 Å². The van der Waals surface area contributed by atoms with Gasteiger partial charge in [-0.3, -0.25) is 0 Å². The second-order valence-electron chi connectivity index (χ2n) is 6.99. The molecule has 3 rings (SSSR count). The van der Waals surface area contributed by atoms with Gasteiger partial charge in [0.05, 0.1) is 0 Å². The highest BCUT2D eigenvalue weighted by molar-refractivity contribution is 5.27. The van der Waals surface area contributed by atoms with Crippen LogP contribution in [0.15, 0.2) is 48.5 Å². The van der Waals surface area contributed by atoms with Crippen molar-refractivity contribution in [3.63, 3.8) is 0 Å². The molecule has 0 saturated heterocycles. The van der Waals surface area contributed by atoms with E-state index in [1.165, 1.54) is 56.2 Å². The Labute approximate surface area is 144 Å². The summed E-state index contributed by atoms with van der Waals surface area (Å²) in [6.07, 6.45) is 8.14. The molecule has 0 aliphatic heterocycles. The lowest BCUT2D eigenvalue weighted by Crippen LogP contribution is -2.13. The molecule has 1 fully saturated rings. The zero-order chi connectivity index (χ0) is 16.8. The molecule has 0 spiro atoms. The van der Waals surface area contributed by atoms with Crippen molar-refractivity contribution < 1.29 is 9.13 Å². The van der Waals surface area contributed by atoms with Gasteiger partial charge in [0.2, 0.25) is 0 Å². The van der Waals surface area contributed by atoms with Crippen LogP contribution in [0.5, 0.6) is 5.75 Å². The molecule has 2 aromatic carbocycles. The summed E-state index contributed by atoms with van der Waals surface area (Å²) >= 11 is 0. The smallest absolute Gasteiger partial charge is 0.123 e. The summed E-state index contributed by atoms with van der Waals surface area (Å²) < 4.78 is 18.6. The average Bonchev–Trinajstić information content (AvgIpc) is 2.63. The molecule has 2 aromatic rings. The minimum Gasteiger partial charge on any atom is -0.489 e. The highest BCUT2D eigenvalue weighted by Gasteiger charge is 2.21. The number of halogens is 1. The maximum absolute atomic E-state index is 12.9. The van der Waals surface area contributed by atoms with E-state index in [1.807, 2.05) is 0 Å². The fraction of sp³-hybridized carbons (Fsp3) is 0.455. The zero-order valence-electron chi connectivity index (χ0n) is 14.5. The minimum atomic E-state index is -0.236. The van der Waals surface area contributed by atoms with Crippen LogP contribution in [0.1, 0.15) is 62.5 Å². The van der Waals surface area contributed by atoms with E-state index in [1.54, 1.807) is 12.1 Å². The SMILES string of the molecule is CCCC1CCC(c2ccc(COc3ccc(F)cc3)cc2)CC1. The Morgan fingerprint density at radius 3 is 2.21 bits per heavy atom. The molecule has 0 atom stereocenters. The second kappa shape index (κ2) is 8.32. The van der Waals surface area contributed by atoms with Gasteiger partial charge in [-0.05, 0) is 72.9 Å². The summed E-state index contributed by atoms with van der Waals surface area (Å²) in [4.78, 5) is 0. The molecule has 1 aliphatic rings. The van der Waals surface area contributed by atoms with Crippen LogP contribution in [0.2, 0.25) is 0 Å². The molecule has 1 nitrogen and oxygen atoms in total. The average molecular weight is 326 g/mol. The van der Waals surface area contributed by atoms with Gasteiger partial charge < -0.3 is 4.74 Å². The zero-order valence-corrected chi connectivity index (χ0v) is 14.5. The summed E-state index contributed by atoms with van der Waals surface area (Å²) in [7, 11) is 0. The minimum absolute atomic E-state index is 0.236. The molecule has 1 aliphatic carbocycles. The van der Waals surface area contributed by atoms with E-state index in [4.69, 9.17) is 4.74 Å². The van der Waals surface area contributed by atoms with Crippen molar-refractivity contribution in [2.75, 3.05) is 0 Å². The van der Waals surface area contributed by atoms with Crippen molar-refractivity contribution in [2.45, 2.75) is 58.0 Å². The van der Waals surface area contributed by atoms with E-state index in [9.17, 15) is 4.39 Å². The topological polar surface area (TPSA) is 9.23 Å². The van der Waals surface area contributed by atoms with Crippen LogP contribution >= 0.6 is 0 Å². The van der Waals surface area contributed by atoms with Crippen molar-refractivity contribution in [3.8, 4) is 5.75 Å². The summed E-state index contributed by atoms with van der Waals surface area (Å²) in [5, 5.41) is 0.